The molecule has 1 aliphatic heterocycles. The van der Waals surface area contributed by atoms with E-state index in [-0.39, 0.29) is 24.0 Å². The maximum atomic E-state index is 13.2. The molecule has 0 aliphatic carbocycles. The lowest BCUT2D eigenvalue weighted by Crippen LogP contribution is -2.37. The highest BCUT2D eigenvalue weighted by Gasteiger charge is 2.30. The minimum absolute atomic E-state index is 0.167. The number of halogens is 1. The van der Waals surface area contributed by atoms with E-state index in [2.05, 4.69) is 6.58 Å². The third kappa shape index (κ3) is 4.82. The van der Waals surface area contributed by atoms with Gasteiger partial charge in [0.2, 0.25) is 0 Å². The van der Waals surface area contributed by atoms with E-state index in [0.29, 0.717) is 38.2 Å². The van der Waals surface area contributed by atoms with E-state index >= 15 is 0 Å². The van der Waals surface area contributed by atoms with Gasteiger partial charge in [-0.05, 0) is 32.8 Å². The second-order valence-corrected chi connectivity index (χ2v) is 5.29. The average Bonchev–Trinajstić information content (AvgIpc) is 2.47. The molecule has 124 valence electrons. The Morgan fingerprint density at radius 1 is 1.55 bits per heavy atom. The van der Waals surface area contributed by atoms with E-state index in [4.69, 9.17) is 4.74 Å². The summed E-state index contributed by atoms with van der Waals surface area (Å²) in [4.78, 5) is 24.1. The van der Waals surface area contributed by atoms with Gasteiger partial charge in [-0.2, -0.15) is 0 Å². The summed E-state index contributed by atoms with van der Waals surface area (Å²) in [5.74, 6) is -0.403. The third-order valence-electron chi connectivity index (χ3n) is 3.64. The summed E-state index contributed by atoms with van der Waals surface area (Å²) >= 11 is 0. The minimum atomic E-state index is -1.30. The fourth-order valence-electron chi connectivity index (χ4n) is 2.58. The van der Waals surface area contributed by atoms with Crippen molar-refractivity contribution in [1.29, 1.82) is 0 Å². The van der Waals surface area contributed by atoms with Gasteiger partial charge in [-0.25, -0.2) is 4.39 Å². The topological polar surface area (TPSA) is 72.7 Å². The average molecular weight is 314 g/mol. The van der Waals surface area contributed by atoms with Crippen molar-refractivity contribution < 1.29 is 18.8 Å². The highest BCUT2D eigenvalue weighted by atomic mass is 19.1. The molecule has 1 unspecified atom stereocenters. The second kappa shape index (κ2) is 8.51. The number of carbonyl (C=O) groups excluding carboxylic acids is 1. The molecule has 1 rings (SSSR count). The van der Waals surface area contributed by atoms with Crippen LogP contribution in [0.4, 0.5) is 4.39 Å². The first-order chi connectivity index (χ1) is 10.4. The van der Waals surface area contributed by atoms with Gasteiger partial charge in [0.1, 0.15) is 11.9 Å². The molecule has 1 aliphatic rings. The van der Waals surface area contributed by atoms with Gasteiger partial charge < -0.3 is 9.64 Å². The van der Waals surface area contributed by atoms with Crippen LogP contribution < -0.4 is 0 Å². The Labute approximate surface area is 129 Å². The monoisotopic (exact) mass is 314 g/mol. The largest absolute Gasteiger partial charge is 0.466 e. The van der Waals surface area contributed by atoms with E-state index in [1.807, 2.05) is 0 Å². The van der Waals surface area contributed by atoms with Crippen molar-refractivity contribution in [2.24, 2.45) is 5.92 Å². The zero-order valence-electron chi connectivity index (χ0n) is 13.1. The maximum Gasteiger partial charge on any atom is 0.309 e. The van der Waals surface area contributed by atoms with Crippen LogP contribution in [0.15, 0.2) is 24.0 Å². The molecule has 6 nitrogen and oxygen atoms in total. The van der Waals surface area contributed by atoms with E-state index in [9.17, 15) is 19.3 Å². The summed E-state index contributed by atoms with van der Waals surface area (Å²) in [6.45, 7) is 7.98. The van der Waals surface area contributed by atoms with Gasteiger partial charge in [-0.1, -0.05) is 6.58 Å². The van der Waals surface area contributed by atoms with E-state index < -0.39 is 11.1 Å². The van der Waals surface area contributed by atoms with Crippen LogP contribution in [-0.4, -0.2) is 41.7 Å². The van der Waals surface area contributed by atoms with Crippen molar-refractivity contribution in [2.45, 2.75) is 39.3 Å². The molecular formula is C15H23FN2O4. The van der Waals surface area contributed by atoms with Gasteiger partial charge in [-0.15, -0.1) is 0 Å². The van der Waals surface area contributed by atoms with Gasteiger partial charge in [0.15, 0.2) is 0 Å². The quantitative estimate of drug-likeness (QED) is 0.313. The number of hydrogen-bond donors (Lipinski definition) is 0. The Balaban J connectivity index is 2.83. The number of esters is 1. The second-order valence-electron chi connectivity index (χ2n) is 5.29. The summed E-state index contributed by atoms with van der Waals surface area (Å²) in [7, 11) is 0. The Kier molecular flexibility index (Phi) is 7.01. The lowest BCUT2D eigenvalue weighted by molar-refractivity contribution is -0.430. The van der Waals surface area contributed by atoms with Crippen LogP contribution in [0.2, 0.25) is 0 Å². The Bertz CT molecular complexity index is 454. The van der Waals surface area contributed by atoms with Crippen LogP contribution in [0.5, 0.6) is 0 Å². The van der Waals surface area contributed by atoms with E-state index in [1.54, 1.807) is 11.8 Å². The van der Waals surface area contributed by atoms with Gasteiger partial charge in [0, 0.05) is 13.1 Å². The number of nitro groups is 1. The van der Waals surface area contributed by atoms with Crippen LogP contribution in [0.3, 0.4) is 0 Å². The fourth-order valence-corrected chi connectivity index (χ4v) is 2.58. The molecule has 22 heavy (non-hydrogen) atoms. The van der Waals surface area contributed by atoms with E-state index in [0.717, 1.165) is 0 Å². The van der Waals surface area contributed by atoms with Crippen molar-refractivity contribution in [3.8, 4) is 0 Å². The molecule has 1 heterocycles. The van der Waals surface area contributed by atoms with Crippen LogP contribution in [-0.2, 0) is 9.53 Å². The first kappa shape index (κ1) is 18.1. The van der Waals surface area contributed by atoms with Crippen molar-refractivity contribution in [1.82, 2.24) is 4.90 Å². The molecule has 0 radical (unpaired) electrons. The number of alkyl halides is 1. The van der Waals surface area contributed by atoms with Crippen molar-refractivity contribution >= 4 is 5.97 Å². The highest BCUT2D eigenvalue weighted by molar-refractivity contribution is 5.72. The van der Waals surface area contributed by atoms with Gasteiger partial charge in [0.25, 0.3) is 5.70 Å². The summed E-state index contributed by atoms with van der Waals surface area (Å²) < 4.78 is 18.2. The Hall–Kier alpha value is -1.92. The fraction of sp³-hybridized carbons (Fsp3) is 0.667. The van der Waals surface area contributed by atoms with Gasteiger partial charge in [0.05, 0.1) is 23.9 Å². The highest BCUT2D eigenvalue weighted by Crippen LogP contribution is 2.25. The summed E-state index contributed by atoms with van der Waals surface area (Å²) in [6.07, 6.45) is 0.961. The lowest BCUT2D eigenvalue weighted by Gasteiger charge is -2.32. The molecule has 0 amide bonds. The Morgan fingerprint density at radius 3 is 2.55 bits per heavy atom. The number of nitrogens with zero attached hydrogens (tertiary/aromatic N) is 2. The maximum absolute atomic E-state index is 13.2. The summed E-state index contributed by atoms with van der Waals surface area (Å²) in [5.41, 5.74) is 0.177. The molecular weight excluding hydrogens is 291 g/mol. The summed E-state index contributed by atoms with van der Waals surface area (Å²) in [5, 5.41) is 11.2. The molecule has 1 fully saturated rings. The van der Waals surface area contributed by atoms with Crippen molar-refractivity contribution in [2.75, 3.05) is 19.7 Å². The zero-order chi connectivity index (χ0) is 16.7. The first-order valence-corrected chi connectivity index (χ1v) is 7.46. The molecule has 7 heteroatoms. The number of rotatable bonds is 7. The minimum Gasteiger partial charge on any atom is -0.466 e. The zero-order valence-corrected chi connectivity index (χ0v) is 13.1. The number of ether oxygens (including phenoxy) is 1. The van der Waals surface area contributed by atoms with Crippen LogP contribution >= 0.6 is 0 Å². The molecule has 0 aromatic carbocycles. The SMILES string of the molecule is C=C/C(=C(\CC(C)F)[N+](=O)[O-])N1CCC(C(=O)OCC)CC1. The molecule has 1 atom stereocenters. The molecule has 0 bridgehead atoms. The predicted octanol–water partition coefficient (Wildman–Crippen LogP) is 2.68. The Morgan fingerprint density at radius 2 is 2.14 bits per heavy atom. The van der Waals surface area contributed by atoms with Crippen LogP contribution in [0.1, 0.15) is 33.1 Å². The molecule has 0 spiro atoms. The molecule has 0 saturated carbocycles. The first-order valence-electron chi connectivity index (χ1n) is 7.46. The number of piperidine rings is 1. The van der Waals surface area contributed by atoms with E-state index in [1.165, 1.54) is 13.0 Å². The number of carbonyl (C=O) groups is 1. The molecule has 0 N–H and O–H groups in total. The standard InChI is InChI=1S/C15H23FN2O4/c1-4-13(14(18(20)21)10-11(3)16)17-8-6-12(7-9-17)15(19)22-5-2/h4,11-12H,1,5-10H2,2-3H3/b14-13-. The van der Waals surface area contributed by atoms with Gasteiger partial charge >= 0.3 is 5.97 Å². The predicted molar refractivity (Wildman–Crippen MR) is 80.3 cm³/mol. The third-order valence-corrected chi connectivity index (χ3v) is 3.64. The number of hydrogen-bond acceptors (Lipinski definition) is 5. The van der Waals surface area contributed by atoms with Gasteiger partial charge in [-0.3, -0.25) is 14.9 Å². The van der Waals surface area contributed by atoms with Crippen molar-refractivity contribution in [3.05, 3.63) is 34.2 Å². The van der Waals surface area contributed by atoms with Crippen LogP contribution in [0, 0.1) is 16.0 Å². The molecule has 0 aromatic heterocycles. The molecule has 1 saturated heterocycles. The smallest absolute Gasteiger partial charge is 0.309 e. The summed E-state index contributed by atoms with van der Waals surface area (Å²) in [6, 6.07) is 0. The lowest BCUT2D eigenvalue weighted by atomic mass is 9.96. The number of likely N-dealkylation sites (tertiary alicyclic amines) is 1. The molecule has 0 aromatic rings. The van der Waals surface area contributed by atoms with Crippen LogP contribution in [0.25, 0.3) is 0 Å². The number of allylic oxidation sites excluding steroid dienone is 2. The normalized spacial score (nSPS) is 18.4. The van der Waals surface area contributed by atoms with Crippen molar-refractivity contribution in [3.63, 3.8) is 0 Å².